The van der Waals surface area contributed by atoms with Crippen molar-refractivity contribution in [2.45, 2.75) is 53.0 Å². The first-order valence-corrected chi connectivity index (χ1v) is 7.17. The molecule has 0 saturated carbocycles. The molecule has 6 heteroatoms. The number of aliphatic carboxylic acids is 1. The molecule has 0 aliphatic carbocycles. The van der Waals surface area contributed by atoms with Crippen LogP contribution in [-0.4, -0.2) is 32.8 Å². The van der Waals surface area contributed by atoms with Crippen molar-refractivity contribution in [3.63, 3.8) is 0 Å². The van der Waals surface area contributed by atoms with Crippen LogP contribution >= 0.6 is 0 Å². The summed E-state index contributed by atoms with van der Waals surface area (Å²) >= 11 is 0. The Labute approximate surface area is 125 Å². The van der Waals surface area contributed by atoms with Crippen LogP contribution in [0.4, 0.5) is 0 Å². The summed E-state index contributed by atoms with van der Waals surface area (Å²) in [6.07, 6.45) is 2.85. The second-order valence-corrected chi connectivity index (χ2v) is 6.55. The van der Waals surface area contributed by atoms with Gasteiger partial charge in [0.2, 0.25) is 0 Å². The maximum atomic E-state index is 12.4. The number of amides is 1. The van der Waals surface area contributed by atoms with E-state index in [9.17, 15) is 9.59 Å². The Kier molecular flexibility index (Phi) is 5.52. The van der Waals surface area contributed by atoms with Gasteiger partial charge in [0, 0.05) is 19.3 Å². The first-order valence-electron chi connectivity index (χ1n) is 7.17. The predicted octanol–water partition coefficient (Wildman–Crippen LogP) is 1.99. The number of carbonyl (C=O) groups excluding carboxylic acids is 1. The SMILES string of the molecule is CCc1nn(C)cc1C(=O)NC(CC(=O)O)CC(C)(C)C. The number of carboxylic acid groups (broad SMARTS) is 1. The van der Waals surface area contributed by atoms with Crippen LogP contribution in [0.3, 0.4) is 0 Å². The zero-order valence-corrected chi connectivity index (χ0v) is 13.4. The quantitative estimate of drug-likeness (QED) is 0.840. The largest absolute Gasteiger partial charge is 0.481 e. The summed E-state index contributed by atoms with van der Waals surface area (Å²) in [7, 11) is 1.76. The van der Waals surface area contributed by atoms with Crippen LogP contribution in [0.5, 0.6) is 0 Å². The van der Waals surface area contributed by atoms with Gasteiger partial charge in [-0.2, -0.15) is 5.10 Å². The molecule has 0 bridgehead atoms. The fourth-order valence-corrected chi connectivity index (χ4v) is 2.37. The molecule has 0 spiro atoms. The lowest BCUT2D eigenvalue weighted by atomic mass is 9.87. The normalized spacial score (nSPS) is 13.0. The lowest BCUT2D eigenvalue weighted by Crippen LogP contribution is -2.39. The Bertz CT molecular complexity index is 515. The smallest absolute Gasteiger partial charge is 0.305 e. The highest BCUT2D eigenvalue weighted by atomic mass is 16.4. The van der Waals surface area contributed by atoms with Crippen molar-refractivity contribution < 1.29 is 14.7 Å². The van der Waals surface area contributed by atoms with Gasteiger partial charge in [0.25, 0.3) is 5.91 Å². The van der Waals surface area contributed by atoms with Gasteiger partial charge < -0.3 is 10.4 Å². The first-order chi connectivity index (χ1) is 9.62. The Morgan fingerprint density at radius 1 is 1.43 bits per heavy atom. The third-order valence-electron chi connectivity index (χ3n) is 3.10. The van der Waals surface area contributed by atoms with Gasteiger partial charge in [0.05, 0.1) is 17.7 Å². The second-order valence-electron chi connectivity index (χ2n) is 6.55. The number of nitrogens with one attached hydrogen (secondary N) is 1. The second kappa shape index (κ2) is 6.74. The Hall–Kier alpha value is -1.85. The van der Waals surface area contributed by atoms with Crippen LogP contribution in [0.15, 0.2) is 6.20 Å². The van der Waals surface area contributed by atoms with E-state index in [0.717, 1.165) is 5.69 Å². The van der Waals surface area contributed by atoms with Crippen molar-refractivity contribution in [1.82, 2.24) is 15.1 Å². The number of hydrogen-bond donors (Lipinski definition) is 2. The van der Waals surface area contributed by atoms with Gasteiger partial charge in [-0.15, -0.1) is 0 Å². The van der Waals surface area contributed by atoms with E-state index in [1.54, 1.807) is 17.9 Å². The van der Waals surface area contributed by atoms with E-state index in [1.165, 1.54) is 0 Å². The summed E-state index contributed by atoms with van der Waals surface area (Å²) in [5.41, 5.74) is 1.18. The molecule has 1 rings (SSSR count). The lowest BCUT2D eigenvalue weighted by Gasteiger charge is -2.25. The molecule has 0 fully saturated rings. The van der Waals surface area contributed by atoms with E-state index in [0.29, 0.717) is 18.4 Å². The summed E-state index contributed by atoms with van der Waals surface area (Å²) in [5.74, 6) is -1.16. The molecule has 1 unspecified atom stereocenters. The van der Waals surface area contributed by atoms with Crippen LogP contribution in [0.2, 0.25) is 0 Å². The number of rotatable bonds is 6. The molecule has 0 saturated heterocycles. The monoisotopic (exact) mass is 295 g/mol. The van der Waals surface area contributed by atoms with E-state index in [1.807, 2.05) is 27.7 Å². The summed E-state index contributed by atoms with van der Waals surface area (Å²) in [5, 5.41) is 16.1. The van der Waals surface area contributed by atoms with E-state index in [-0.39, 0.29) is 23.8 Å². The number of nitrogens with zero attached hydrogens (tertiary/aromatic N) is 2. The van der Waals surface area contributed by atoms with Crippen LogP contribution in [-0.2, 0) is 18.3 Å². The predicted molar refractivity (Wildman–Crippen MR) is 80.2 cm³/mol. The molecular formula is C15H25N3O3. The minimum absolute atomic E-state index is 0.0596. The van der Waals surface area contributed by atoms with E-state index >= 15 is 0 Å². The van der Waals surface area contributed by atoms with Crippen LogP contribution in [0, 0.1) is 5.41 Å². The number of aromatic nitrogens is 2. The fourth-order valence-electron chi connectivity index (χ4n) is 2.37. The maximum Gasteiger partial charge on any atom is 0.305 e. The zero-order chi connectivity index (χ0) is 16.2. The number of hydrogen-bond acceptors (Lipinski definition) is 3. The third-order valence-corrected chi connectivity index (χ3v) is 3.10. The van der Waals surface area contributed by atoms with Gasteiger partial charge in [0.15, 0.2) is 0 Å². The molecule has 1 heterocycles. The summed E-state index contributed by atoms with van der Waals surface area (Å²) in [6.45, 7) is 8.00. The topological polar surface area (TPSA) is 84.2 Å². The molecule has 0 aliphatic rings. The van der Waals surface area contributed by atoms with Crippen molar-refractivity contribution in [3.05, 3.63) is 17.5 Å². The van der Waals surface area contributed by atoms with E-state index < -0.39 is 5.97 Å². The zero-order valence-electron chi connectivity index (χ0n) is 13.4. The summed E-state index contributed by atoms with van der Waals surface area (Å²) < 4.78 is 1.60. The highest BCUT2D eigenvalue weighted by Crippen LogP contribution is 2.22. The molecule has 0 aromatic carbocycles. The van der Waals surface area contributed by atoms with Crippen molar-refractivity contribution in [1.29, 1.82) is 0 Å². The van der Waals surface area contributed by atoms with Gasteiger partial charge >= 0.3 is 5.97 Å². The van der Waals surface area contributed by atoms with Crippen LogP contribution in [0.25, 0.3) is 0 Å². The minimum atomic E-state index is -0.911. The van der Waals surface area contributed by atoms with Crippen molar-refractivity contribution in [3.8, 4) is 0 Å². The molecule has 1 aromatic rings. The van der Waals surface area contributed by atoms with Gasteiger partial charge in [0.1, 0.15) is 0 Å². The Balaban J connectivity index is 2.86. The van der Waals surface area contributed by atoms with Gasteiger partial charge in [-0.05, 0) is 18.3 Å². The van der Waals surface area contributed by atoms with Crippen molar-refractivity contribution >= 4 is 11.9 Å². The highest BCUT2D eigenvalue weighted by molar-refractivity contribution is 5.95. The number of aryl methyl sites for hydroxylation is 2. The Morgan fingerprint density at radius 3 is 2.52 bits per heavy atom. The van der Waals surface area contributed by atoms with E-state index in [4.69, 9.17) is 5.11 Å². The molecule has 21 heavy (non-hydrogen) atoms. The van der Waals surface area contributed by atoms with E-state index in [2.05, 4.69) is 10.4 Å². The third kappa shape index (κ3) is 5.57. The highest BCUT2D eigenvalue weighted by Gasteiger charge is 2.24. The molecule has 1 amide bonds. The molecule has 2 N–H and O–H groups in total. The standard InChI is InChI=1S/C15H25N3O3/c1-6-12-11(9-18(5)17-12)14(21)16-10(7-13(19)20)8-15(2,3)4/h9-10H,6-8H2,1-5H3,(H,16,21)(H,19,20). The number of carboxylic acids is 1. The molecule has 118 valence electrons. The molecule has 1 atom stereocenters. The maximum absolute atomic E-state index is 12.4. The van der Waals surface area contributed by atoms with Gasteiger partial charge in [-0.25, -0.2) is 0 Å². The molecular weight excluding hydrogens is 270 g/mol. The van der Waals surface area contributed by atoms with Crippen molar-refractivity contribution in [2.75, 3.05) is 0 Å². The minimum Gasteiger partial charge on any atom is -0.481 e. The van der Waals surface area contributed by atoms with Gasteiger partial charge in [-0.3, -0.25) is 14.3 Å². The average Bonchev–Trinajstić information content (AvgIpc) is 2.67. The van der Waals surface area contributed by atoms with Crippen molar-refractivity contribution in [2.24, 2.45) is 12.5 Å². The van der Waals surface area contributed by atoms with Gasteiger partial charge in [-0.1, -0.05) is 27.7 Å². The first kappa shape index (κ1) is 17.2. The summed E-state index contributed by atoms with van der Waals surface area (Å²) in [6, 6.07) is -0.389. The molecule has 0 radical (unpaired) electrons. The van der Waals surface area contributed by atoms with Crippen LogP contribution < -0.4 is 5.32 Å². The molecule has 1 aromatic heterocycles. The number of carbonyl (C=O) groups is 2. The lowest BCUT2D eigenvalue weighted by molar-refractivity contribution is -0.137. The fraction of sp³-hybridized carbons (Fsp3) is 0.667. The average molecular weight is 295 g/mol. The summed E-state index contributed by atoms with van der Waals surface area (Å²) in [4.78, 5) is 23.3. The van der Waals surface area contributed by atoms with Crippen LogP contribution in [0.1, 0.15) is 56.6 Å². The molecule has 0 aliphatic heterocycles. The Morgan fingerprint density at radius 2 is 2.05 bits per heavy atom. The molecule has 6 nitrogen and oxygen atoms in total.